The number of carbonyl (C=O) groups excluding carboxylic acids is 1. The third-order valence-corrected chi connectivity index (χ3v) is 8.98. The van der Waals surface area contributed by atoms with Gasteiger partial charge in [0.25, 0.3) is 10.0 Å². The van der Waals surface area contributed by atoms with Gasteiger partial charge >= 0.3 is 5.97 Å². The molecule has 11 heteroatoms. The molecular weight excluding hydrogens is 542 g/mol. The van der Waals surface area contributed by atoms with Gasteiger partial charge in [0, 0.05) is 47.4 Å². The number of benzene rings is 3. The molecule has 10 nitrogen and oxygen atoms in total. The second kappa shape index (κ2) is 11.4. The average molecular weight is 572 g/mol. The molecule has 0 saturated heterocycles. The molecule has 0 unspecified atom stereocenters. The Balaban J connectivity index is 1.42. The van der Waals surface area contributed by atoms with Crippen molar-refractivity contribution in [2.75, 3.05) is 22.3 Å². The molecule has 0 aliphatic carbocycles. The van der Waals surface area contributed by atoms with E-state index >= 15 is 0 Å². The second-order valence-corrected chi connectivity index (χ2v) is 11.7. The van der Waals surface area contributed by atoms with Gasteiger partial charge in [0.2, 0.25) is 5.91 Å². The van der Waals surface area contributed by atoms with Crippen molar-refractivity contribution in [2.24, 2.45) is 5.73 Å². The van der Waals surface area contributed by atoms with Crippen LogP contribution in [0.15, 0.2) is 84.0 Å². The lowest BCUT2D eigenvalue weighted by Gasteiger charge is -2.31. The van der Waals surface area contributed by atoms with Crippen molar-refractivity contribution in [3.05, 3.63) is 95.8 Å². The summed E-state index contributed by atoms with van der Waals surface area (Å²) in [5, 5.41) is 18.2. The molecule has 1 aromatic heterocycles. The number of carboxylic acids is 1. The van der Waals surface area contributed by atoms with Crippen molar-refractivity contribution >= 4 is 49.9 Å². The maximum atomic E-state index is 13.9. The number of nitrogen functional groups attached to an aromatic ring is 1. The number of hydrogen-bond acceptors (Lipinski definition) is 6. The number of nitrogens with zero attached hydrogens (tertiary/aromatic N) is 3. The zero-order chi connectivity index (χ0) is 29.1. The molecule has 4 N–H and O–H groups in total. The molecule has 41 heavy (non-hydrogen) atoms. The predicted molar refractivity (Wildman–Crippen MR) is 157 cm³/mol. The number of hydrogen-bond donors (Lipinski definition) is 3. The van der Waals surface area contributed by atoms with Crippen molar-refractivity contribution in [2.45, 2.75) is 30.6 Å². The number of nitrogens with one attached hydrogen (secondary N) is 1. The fraction of sp³-hybridized carbons (Fsp3) is 0.200. The number of amidine groups is 1. The lowest BCUT2D eigenvalue weighted by Crippen LogP contribution is -2.37. The summed E-state index contributed by atoms with van der Waals surface area (Å²) in [7, 11) is -4.26. The first-order chi connectivity index (χ1) is 19.6. The maximum absolute atomic E-state index is 13.9. The number of carbonyl (C=O) groups is 2. The van der Waals surface area contributed by atoms with Crippen molar-refractivity contribution in [3.63, 3.8) is 0 Å². The number of carboxylic acid groups (broad SMARTS) is 1. The SMILES string of the molecule is N=C(N)c1ccc(CCC(=O)N2CCCc3cc(N(CC(=O)O)S(=O)(=O)c4cccc5cnccc45)ccc32)cc1. The number of sulfonamides is 1. The van der Waals surface area contributed by atoms with Crippen LogP contribution < -0.4 is 14.9 Å². The van der Waals surface area contributed by atoms with Crippen molar-refractivity contribution in [1.29, 1.82) is 5.41 Å². The standard InChI is InChI=1S/C30H29N5O5S/c31-30(32)21-9-6-20(7-10-21)8-13-28(36)34-16-2-4-22-17-24(11-12-26(22)34)35(19-29(37)38)41(39,40)27-5-1-3-23-18-33-15-14-25(23)27/h1,3,5-7,9-12,14-15,17-18H,2,4,8,13,16,19H2,(H3,31,32)(H,37,38). The van der Waals surface area contributed by atoms with Crippen LogP contribution in [0.2, 0.25) is 0 Å². The number of nitrogens with two attached hydrogens (primary N) is 1. The summed E-state index contributed by atoms with van der Waals surface area (Å²) in [5.41, 5.74) is 8.78. The number of aliphatic carboxylic acids is 1. The topological polar surface area (TPSA) is 158 Å². The molecule has 0 saturated carbocycles. The van der Waals surface area contributed by atoms with E-state index in [9.17, 15) is 23.1 Å². The fourth-order valence-electron chi connectivity index (χ4n) is 5.11. The second-order valence-electron chi connectivity index (χ2n) is 9.83. The summed E-state index contributed by atoms with van der Waals surface area (Å²) in [6, 6.07) is 18.5. The van der Waals surface area contributed by atoms with Crippen LogP contribution in [0.1, 0.15) is 29.5 Å². The third-order valence-electron chi connectivity index (χ3n) is 7.15. The number of anilines is 2. The molecule has 0 fully saturated rings. The van der Waals surface area contributed by atoms with Gasteiger partial charge in [0.1, 0.15) is 12.4 Å². The van der Waals surface area contributed by atoms with Crippen LogP contribution in [0.5, 0.6) is 0 Å². The summed E-state index contributed by atoms with van der Waals surface area (Å²) >= 11 is 0. The molecule has 1 aliphatic rings. The Bertz CT molecular complexity index is 1750. The van der Waals surface area contributed by atoms with Gasteiger partial charge in [-0.1, -0.05) is 36.4 Å². The van der Waals surface area contributed by atoms with Gasteiger partial charge in [0.05, 0.1) is 10.6 Å². The number of pyridine rings is 1. The predicted octanol–water partition coefficient (Wildman–Crippen LogP) is 3.71. The minimum absolute atomic E-state index is 0.00971. The summed E-state index contributed by atoms with van der Waals surface area (Å²) in [6.45, 7) is -0.219. The van der Waals surface area contributed by atoms with E-state index in [-0.39, 0.29) is 28.7 Å². The Morgan fingerprint density at radius 2 is 1.85 bits per heavy atom. The highest BCUT2D eigenvalue weighted by atomic mass is 32.2. The van der Waals surface area contributed by atoms with Crippen LogP contribution in [0.4, 0.5) is 11.4 Å². The first-order valence-corrected chi connectivity index (χ1v) is 14.5. The maximum Gasteiger partial charge on any atom is 0.324 e. The van der Waals surface area contributed by atoms with E-state index in [0.717, 1.165) is 15.4 Å². The molecular formula is C30H29N5O5S. The van der Waals surface area contributed by atoms with Crippen LogP contribution in [0, 0.1) is 5.41 Å². The van der Waals surface area contributed by atoms with Crippen LogP contribution in [-0.4, -0.2) is 49.3 Å². The molecule has 4 aromatic rings. The van der Waals surface area contributed by atoms with E-state index in [0.29, 0.717) is 47.8 Å². The minimum Gasteiger partial charge on any atom is -0.480 e. The molecule has 1 amide bonds. The summed E-state index contributed by atoms with van der Waals surface area (Å²) < 4.78 is 28.6. The molecule has 3 aromatic carbocycles. The third kappa shape index (κ3) is 5.75. The van der Waals surface area contributed by atoms with E-state index in [2.05, 4.69) is 4.98 Å². The highest BCUT2D eigenvalue weighted by Crippen LogP contribution is 2.34. The van der Waals surface area contributed by atoms with Crippen molar-refractivity contribution in [3.8, 4) is 0 Å². The number of aromatic nitrogens is 1. The first-order valence-electron chi connectivity index (χ1n) is 13.1. The summed E-state index contributed by atoms with van der Waals surface area (Å²) in [6.07, 6.45) is 5.16. The minimum atomic E-state index is -4.26. The van der Waals surface area contributed by atoms with Crippen molar-refractivity contribution in [1.82, 2.24) is 4.98 Å². The average Bonchev–Trinajstić information content (AvgIpc) is 2.97. The van der Waals surface area contributed by atoms with E-state index in [1.54, 1.807) is 59.6 Å². The van der Waals surface area contributed by atoms with Crippen LogP contribution in [0.3, 0.4) is 0 Å². The van der Waals surface area contributed by atoms with Gasteiger partial charge in [-0.15, -0.1) is 0 Å². The Morgan fingerprint density at radius 3 is 2.59 bits per heavy atom. The normalized spacial score (nSPS) is 13.0. The number of amides is 1. The molecule has 5 rings (SSSR count). The zero-order valence-electron chi connectivity index (χ0n) is 22.2. The molecule has 0 radical (unpaired) electrons. The quantitative estimate of drug-likeness (QED) is 0.204. The summed E-state index contributed by atoms with van der Waals surface area (Å²) in [5.74, 6) is -1.36. The molecule has 2 heterocycles. The largest absolute Gasteiger partial charge is 0.480 e. The smallest absolute Gasteiger partial charge is 0.324 e. The first kappa shape index (κ1) is 27.8. The van der Waals surface area contributed by atoms with E-state index in [1.165, 1.54) is 12.3 Å². The van der Waals surface area contributed by atoms with Gasteiger partial charge < -0.3 is 15.7 Å². The Morgan fingerprint density at radius 1 is 1.07 bits per heavy atom. The molecule has 210 valence electrons. The van der Waals surface area contributed by atoms with Gasteiger partial charge in [0.15, 0.2) is 0 Å². The van der Waals surface area contributed by atoms with E-state index in [4.69, 9.17) is 11.1 Å². The Kier molecular flexibility index (Phi) is 7.71. The number of rotatable bonds is 9. The number of aryl methyl sites for hydroxylation is 2. The Labute approximate surface area is 237 Å². The lowest BCUT2D eigenvalue weighted by atomic mass is 9.99. The highest BCUT2D eigenvalue weighted by molar-refractivity contribution is 7.93. The summed E-state index contributed by atoms with van der Waals surface area (Å²) in [4.78, 5) is 30.8. The van der Waals surface area contributed by atoms with E-state index < -0.39 is 22.5 Å². The van der Waals surface area contributed by atoms with Crippen LogP contribution in [0.25, 0.3) is 10.8 Å². The Hall–Kier alpha value is -4.77. The number of fused-ring (bicyclic) bond motifs is 2. The van der Waals surface area contributed by atoms with Gasteiger partial charge in [-0.25, -0.2) is 8.42 Å². The highest BCUT2D eigenvalue weighted by Gasteiger charge is 2.30. The van der Waals surface area contributed by atoms with Crippen LogP contribution >= 0.6 is 0 Å². The monoisotopic (exact) mass is 571 g/mol. The lowest BCUT2D eigenvalue weighted by molar-refractivity contribution is -0.135. The van der Waals surface area contributed by atoms with Gasteiger partial charge in [-0.3, -0.25) is 24.3 Å². The molecule has 1 aliphatic heterocycles. The molecule has 0 spiro atoms. The molecule has 0 bridgehead atoms. The molecule has 0 atom stereocenters. The van der Waals surface area contributed by atoms with E-state index in [1.807, 2.05) is 12.1 Å². The van der Waals surface area contributed by atoms with Crippen LogP contribution in [-0.2, 0) is 32.5 Å². The zero-order valence-corrected chi connectivity index (χ0v) is 23.0. The van der Waals surface area contributed by atoms with Gasteiger partial charge in [-0.05, 0) is 60.7 Å². The fourth-order valence-corrected chi connectivity index (χ4v) is 6.73. The van der Waals surface area contributed by atoms with Crippen molar-refractivity contribution < 1.29 is 23.1 Å². The van der Waals surface area contributed by atoms with Gasteiger partial charge in [-0.2, -0.15) is 0 Å².